The van der Waals surface area contributed by atoms with Crippen LogP contribution in [0, 0.1) is 0 Å². The highest BCUT2D eigenvalue weighted by molar-refractivity contribution is 7.00. The third-order valence-electron chi connectivity index (χ3n) is 2.46. The van der Waals surface area contributed by atoms with Gasteiger partial charge in [0.15, 0.2) is 0 Å². The summed E-state index contributed by atoms with van der Waals surface area (Å²) in [6, 6.07) is 6.23. The molecule has 0 saturated heterocycles. The number of hydrogen-bond donors (Lipinski definition) is 0. The molecule has 0 radical (unpaired) electrons. The normalized spacial score (nSPS) is 13.4. The van der Waals surface area contributed by atoms with Crippen molar-refractivity contribution >= 4 is 22.8 Å². The zero-order valence-corrected chi connectivity index (χ0v) is 8.64. The largest absolute Gasteiger partial charge is 0.173 e. The van der Waals surface area contributed by atoms with Crippen molar-refractivity contribution < 1.29 is 0 Å². The molecule has 2 rings (SSSR count). The average molecular weight is 192 g/mol. The highest BCUT2D eigenvalue weighted by atomic mass is 32.1. The maximum atomic E-state index is 4.32. The van der Waals surface area contributed by atoms with E-state index in [1.807, 2.05) is 6.07 Å². The summed E-state index contributed by atoms with van der Waals surface area (Å²) in [5.41, 5.74) is 3.44. The van der Waals surface area contributed by atoms with Crippen LogP contribution >= 0.6 is 11.7 Å². The molecule has 3 heteroatoms. The number of aromatic nitrogens is 2. The number of rotatable bonds is 2. The molecule has 0 N–H and O–H groups in total. The predicted molar refractivity (Wildman–Crippen MR) is 56.1 cm³/mol. The molecule has 13 heavy (non-hydrogen) atoms. The van der Waals surface area contributed by atoms with Crippen LogP contribution in [-0.2, 0) is 0 Å². The van der Waals surface area contributed by atoms with E-state index in [0.717, 1.165) is 17.5 Å². The second-order valence-electron chi connectivity index (χ2n) is 3.29. The van der Waals surface area contributed by atoms with Gasteiger partial charge in [-0.3, -0.25) is 0 Å². The Morgan fingerprint density at radius 2 is 2.23 bits per heavy atom. The number of nitrogens with zero attached hydrogens (tertiary/aromatic N) is 2. The Bertz CT molecular complexity index is 408. The summed E-state index contributed by atoms with van der Waals surface area (Å²) >= 11 is 1.29. The fourth-order valence-electron chi connectivity index (χ4n) is 1.44. The quantitative estimate of drug-likeness (QED) is 0.730. The summed E-state index contributed by atoms with van der Waals surface area (Å²) in [6.07, 6.45) is 1.15. The Morgan fingerprint density at radius 1 is 1.38 bits per heavy atom. The highest BCUT2D eigenvalue weighted by Gasteiger charge is 2.09. The molecule has 2 nitrogen and oxygen atoms in total. The average Bonchev–Trinajstić information content (AvgIpc) is 2.63. The zero-order chi connectivity index (χ0) is 9.26. The lowest BCUT2D eigenvalue weighted by atomic mass is 9.97. The summed E-state index contributed by atoms with van der Waals surface area (Å²) in [4.78, 5) is 0. The third kappa shape index (κ3) is 1.44. The standard InChI is InChI=1S/C10H12N2S/c1-3-7(2)8-5-4-6-9-10(8)12-13-11-9/h4-7H,3H2,1-2H3. The molecule has 1 atom stereocenters. The minimum atomic E-state index is 0.576. The van der Waals surface area contributed by atoms with Gasteiger partial charge in [0, 0.05) is 0 Å². The first kappa shape index (κ1) is 8.63. The van der Waals surface area contributed by atoms with E-state index in [2.05, 4.69) is 34.7 Å². The van der Waals surface area contributed by atoms with E-state index < -0.39 is 0 Å². The van der Waals surface area contributed by atoms with Gasteiger partial charge in [-0.15, -0.1) is 0 Å². The molecule has 1 heterocycles. The molecule has 0 fully saturated rings. The molecule has 1 aromatic carbocycles. The fourth-order valence-corrected chi connectivity index (χ4v) is 2.00. The van der Waals surface area contributed by atoms with E-state index in [-0.39, 0.29) is 0 Å². The lowest BCUT2D eigenvalue weighted by Crippen LogP contribution is -1.92. The van der Waals surface area contributed by atoms with Crippen molar-refractivity contribution in [1.29, 1.82) is 0 Å². The molecular weight excluding hydrogens is 180 g/mol. The van der Waals surface area contributed by atoms with E-state index in [1.165, 1.54) is 17.3 Å². The van der Waals surface area contributed by atoms with Crippen LogP contribution in [0.5, 0.6) is 0 Å². The number of benzene rings is 1. The van der Waals surface area contributed by atoms with Gasteiger partial charge in [-0.2, -0.15) is 8.75 Å². The number of fused-ring (bicyclic) bond motifs is 1. The van der Waals surface area contributed by atoms with Gasteiger partial charge in [-0.25, -0.2) is 0 Å². The summed E-state index contributed by atoms with van der Waals surface area (Å²) in [5.74, 6) is 0.576. The molecule has 2 aromatic rings. The molecule has 1 aromatic heterocycles. The second kappa shape index (κ2) is 3.42. The zero-order valence-electron chi connectivity index (χ0n) is 7.82. The predicted octanol–water partition coefficient (Wildman–Crippen LogP) is 3.20. The Morgan fingerprint density at radius 3 is 3.00 bits per heavy atom. The minimum Gasteiger partial charge on any atom is -0.173 e. The molecule has 0 saturated carbocycles. The van der Waals surface area contributed by atoms with E-state index in [1.54, 1.807) is 0 Å². The SMILES string of the molecule is CCC(C)c1cccc2nsnc12. The van der Waals surface area contributed by atoms with Gasteiger partial charge in [0.25, 0.3) is 0 Å². The van der Waals surface area contributed by atoms with E-state index >= 15 is 0 Å². The van der Waals surface area contributed by atoms with Gasteiger partial charge in [0.1, 0.15) is 11.0 Å². The van der Waals surface area contributed by atoms with Gasteiger partial charge in [-0.05, 0) is 24.0 Å². The van der Waals surface area contributed by atoms with Gasteiger partial charge in [0.2, 0.25) is 0 Å². The van der Waals surface area contributed by atoms with Gasteiger partial charge in [0.05, 0.1) is 11.7 Å². The minimum absolute atomic E-state index is 0.576. The third-order valence-corrected chi connectivity index (χ3v) is 3.00. The monoisotopic (exact) mass is 192 g/mol. The maximum Gasteiger partial charge on any atom is 0.108 e. The van der Waals surface area contributed by atoms with Crippen molar-refractivity contribution in [2.45, 2.75) is 26.2 Å². The summed E-state index contributed by atoms with van der Waals surface area (Å²) < 4.78 is 8.54. The first-order chi connectivity index (χ1) is 6.33. The molecule has 0 bridgehead atoms. The molecule has 0 aliphatic heterocycles. The Labute approximate surface area is 81.9 Å². The smallest absolute Gasteiger partial charge is 0.108 e. The van der Waals surface area contributed by atoms with E-state index in [0.29, 0.717) is 5.92 Å². The topological polar surface area (TPSA) is 25.8 Å². The molecule has 1 unspecified atom stereocenters. The molecule has 0 amide bonds. The molecule has 0 spiro atoms. The van der Waals surface area contributed by atoms with E-state index in [4.69, 9.17) is 0 Å². The molecule has 0 aliphatic rings. The van der Waals surface area contributed by atoms with Crippen molar-refractivity contribution in [3.8, 4) is 0 Å². The van der Waals surface area contributed by atoms with Crippen LogP contribution in [0.1, 0.15) is 31.7 Å². The Balaban J connectivity index is 2.60. The summed E-state index contributed by atoms with van der Waals surface area (Å²) in [5, 5.41) is 0. The molecule has 68 valence electrons. The van der Waals surface area contributed by atoms with Crippen LogP contribution < -0.4 is 0 Å². The van der Waals surface area contributed by atoms with E-state index in [9.17, 15) is 0 Å². The Kier molecular flexibility index (Phi) is 2.27. The van der Waals surface area contributed by atoms with Crippen molar-refractivity contribution in [3.05, 3.63) is 23.8 Å². The molecular formula is C10H12N2S. The summed E-state index contributed by atoms with van der Waals surface area (Å²) in [6.45, 7) is 4.43. The van der Waals surface area contributed by atoms with Crippen LogP contribution in [0.25, 0.3) is 11.0 Å². The van der Waals surface area contributed by atoms with Gasteiger partial charge >= 0.3 is 0 Å². The Hall–Kier alpha value is -0.960. The van der Waals surface area contributed by atoms with Crippen LogP contribution in [-0.4, -0.2) is 8.75 Å². The van der Waals surface area contributed by atoms with Crippen molar-refractivity contribution in [3.63, 3.8) is 0 Å². The van der Waals surface area contributed by atoms with Crippen molar-refractivity contribution in [2.75, 3.05) is 0 Å². The van der Waals surface area contributed by atoms with Crippen LogP contribution in [0.3, 0.4) is 0 Å². The van der Waals surface area contributed by atoms with Gasteiger partial charge < -0.3 is 0 Å². The lowest BCUT2D eigenvalue weighted by Gasteiger charge is -2.08. The molecule has 0 aliphatic carbocycles. The summed E-state index contributed by atoms with van der Waals surface area (Å²) in [7, 11) is 0. The van der Waals surface area contributed by atoms with Crippen LogP contribution in [0.4, 0.5) is 0 Å². The van der Waals surface area contributed by atoms with Crippen LogP contribution in [0.15, 0.2) is 18.2 Å². The van der Waals surface area contributed by atoms with Gasteiger partial charge in [-0.1, -0.05) is 26.0 Å². The van der Waals surface area contributed by atoms with Crippen molar-refractivity contribution in [2.24, 2.45) is 0 Å². The van der Waals surface area contributed by atoms with Crippen LogP contribution in [0.2, 0.25) is 0 Å². The fraction of sp³-hybridized carbons (Fsp3) is 0.400. The highest BCUT2D eigenvalue weighted by Crippen LogP contribution is 2.25. The maximum absolute atomic E-state index is 4.32. The number of hydrogen-bond acceptors (Lipinski definition) is 3. The first-order valence-corrected chi connectivity index (χ1v) is 5.27. The first-order valence-electron chi connectivity index (χ1n) is 4.54. The lowest BCUT2D eigenvalue weighted by molar-refractivity contribution is 0.738. The van der Waals surface area contributed by atoms with Crippen molar-refractivity contribution in [1.82, 2.24) is 8.75 Å². The second-order valence-corrected chi connectivity index (χ2v) is 3.82.